The molecule has 0 amide bonds. The van der Waals surface area contributed by atoms with Crippen LogP contribution in [0.15, 0.2) is 40.9 Å². The maximum Gasteiger partial charge on any atom is 0.123 e. The van der Waals surface area contributed by atoms with Gasteiger partial charge in [0.25, 0.3) is 0 Å². The van der Waals surface area contributed by atoms with E-state index in [4.69, 9.17) is 11.6 Å². The van der Waals surface area contributed by atoms with E-state index in [0.717, 1.165) is 10.2 Å². The molecule has 0 spiro atoms. The summed E-state index contributed by atoms with van der Waals surface area (Å²) in [5.41, 5.74) is 1.29. The van der Waals surface area contributed by atoms with Crippen molar-refractivity contribution in [2.75, 3.05) is 5.32 Å². The highest BCUT2D eigenvalue weighted by molar-refractivity contribution is 9.10. The van der Waals surface area contributed by atoms with Crippen molar-refractivity contribution in [3.8, 4) is 5.75 Å². The highest BCUT2D eigenvalue weighted by atomic mass is 79.9. The van der Waals surface area contributed by atoms with Gasteiger partial charge in [-0.25, -0.2) is 4.39 Å². The summed E-state index contributed by atoms with van der Waals surface area (Å²) in [5.74, 6) is -0.314. The lowest BCUT2D eigenvalue weighted by molar-refractivity contribution is 0.466. The first-order valence-electron chi connectivity index (χ1n) is 5.22. The van der Waals surface area contributed by atoms with Crippen LogP contribution in [0.2, 0.25) is 5.02 Å². The molecule has 0 saturated carbocycles. The molecule has 2 nitrogen and oxygen atoms in total. The zero-order chi connectivity index (χ0) is 13.1. The molecule has 0 aromatic heterocycles. The minimum Gasteiger partial charge on any atom is -0.508 e. The molecule has 0 saturated heterocycles. The molecule has 0 aliphatic rings. The first kappa shape index (κ1) is 13.2. The smallest absolute Gasteiger partial charge is 0.123 e. The molecule has 0 aliphatic carbocycles. The van der Waals surface area contributed by atoms with Gasteiger partial charge in [-0.15, -0.1) is 0 Å². The molecular weight excluding hydrogens is 321 g/mol. The van der Waals surface area contributed by atoms with E-state index >= 15 is 0 Å². The van der Waals surface area contributed by atoms with Crippen LogP contribution in [0.5, 0.6) is 5.75 Å². The molecule has 5 heteroatoms. The Morgan fingerprint density at radius 3 is 2.72 bits per heavy atom. The summed E-state index contributed by atoms with van der Waals surface area (Å²) < 4.78 is 13.8. The van der Waals surface area contributed by atoms with E-state index in [-0.39, 0.29) is 11.6 Å². The van der Waals surface area contributed by atoms with Gasteiger partial charge in [0, 0.05) is 22.3 Å². The summed E-state index contributed by atoms with van der Waals surface area (Å²) in [6.07, 6.45) is 0. The molecule has 0 aliphatic heterocycles. The summed E-state index contributed by atoms with van der Waals surface area (Å²) >= 11 is 9.25. The van der Waals surface area contributed by atoms with Gasteiger partial charge < -0.3 is 10.4 Å². The van der Waals surface area contributed by atoms with Crippen LogP contribution in [-0.4, -0.2) is 5.11 Å². The van der Waals surface area contributed by atoms with Crippen molar-refractivity contribution in [2.24, 2.45) is 0 Å². The Bertz CT molecular complexity index is 577. The Morgan fingerprint density at radius 1 is 1.22 bits per heavy atom. The second kappa shape index (κ2) is 5.59. The highest BCUT2D eigenvalue weighted by Gasteiger charge is 2.04. The van der Waals surface area contributed by atoms with Crippen LogP contribution in [0.3, 0.4) is 0 Å². The van der Waals surface area contributed by atoms with Crippen LogP contribution in [-0.2, 0) is 6.54 Å². The van der Waals surface area contributed by atoms with Crippen molar-refractivity contribution in [2.45, 2.75) is 6.54 Å². The number of hydrogen-bond donors (Lipinski definition) is 2. The summed E-state index contributed by atoms with van der Waals surface area (Å²) in [4.78, 5) is 0. The van der Waals surface area contributed by atoms with Crippen molar-refractivity contribution in [1.29, 1.82) is 0 Å². The van der Waals surface area contributed by atoms with Gasteiger partial charge in [0.05, 0.1) is 5.02 Å². The number of phenolic OH excluding ortho intramolecular Hbond substituents is 1. The van der Waals surface area contributed by atoms with Crippen molar-refractivity contribution >= 4 is 33.2 Å². The van der Waals surface area contributed by atoms with Gasteiger partial charge >= 0.3 is 0 Å². The maximum atomic E-state index is 13.0. The Morgan fingerprint density at radius 2 is 2.00 bits per heavy atom. The van der Waals surface area contributed by atoms with Gasteiger partial charge in [-0.1, -0.05) is 11.6 Å². The Kier molecular flexibility index (Phi) is 4.09. The lowest BCUT2D eigenvalue weighted by Gasteiger charge is -2.09. The summed E-state index contributed by atoms with van der Waals surface area (Å²) in [5, 5.41) is 13.2. The predicted octanol–water partition coefficient (Wildman–Crippen LogP) is 4.56. The SMILES string of the molecule is Oc1ccc(F)cc1CNc1ccc(Br)c(Cl)c1. The predicted molar refractivity (Wildman–Crippen MR) is 74.5 cm³/mol. The second-order valence-corrected chi connectivity index (χ2v) is 5.02. The molecule has 0 fully saturated rings. The topological polar surface area (TPSA) is 32.3 Å². The fraction of sp³-hybridized carbons (Fsp3) is 0.0769. The molecule has 0 bridgehead atoms. The van der Waals surface area contributed by atoms with Crippen LogP contribution < -0.4 is 5.32 Å². The summed E-state index contributed by atoms with van der Waals surface area (Å²) in [6.45, 7) is 0.321. The van der Waals surface area contributed by atoms with E-state index in [1.54, 1.807) is 6.07 Å². The Hall–Kier alpha value is -1.26. The van der Waals surface area contributed by atoms with E-state index in [2.05, 4.69) is 21.2 Å². The third-order valence-electron chi connectivity index (χ3n) is 2.44. The second-order valence-electron chi connectivity index (χ2n) is 3.76. The molecular formula is C13H10BrClFNO. The molecule has 94 valence electrons. The summed E-state index contributed by atoms with van der Waals surface area (Å²) in [7, 11) is 0. The van der Waals surface area contributed by atoms with Gasteiger partial charge in [0.1, 0.15) is 11.6 Å². The lowest BCUT2D eigenvalue weighted by Crippen LogP contribution is -2.00. The van der Waals surface area contributed by atoms with E-state index < -0.39 is 0 Å². The van der Waals surface area contributed by atoms with E-state index in [0.29, 0.717) is 17.1 Å². The van der Waals surface area contributed by atoms with Crippen LogP contribution in [0, 0.1) is 5.82 Å². The molecule has 2 rings (SSSR count). The number of halogens is 3. The normalized spacial score (nSPS) is 10.4. The van der Waals surface area contributed by atoms with Crippen molar-refractivity contribution in [3.05, 3.63) is 57.3 Å². The first-order valence-corrected chi connectivity index (χ1v) is 6.39. The van der Waals surface area contributed by atoms with Crippen LogP contribution in [0.4, 0.5) is 10.1 Å². The molecule has 0 unspecified atom stereocenters. The number of hydrogen-bond acceptors (Lipinski definition) is 2. The fourth-order valence-electron chi connectivity index (χ4n) is 1.50. The molecule has 2 N–H and O–H groups in total. The van der Waals surface area contributed by atoms with E-state index in [1.165, 1.54) is 18.2 Å². The number of aromatic hydroxyl groups is 1. The number of anilines is 1. The molecule has 2 aromatic rings. The van der Waals surface area contributed by atoms with Crippen molar-refractivity contribution in [3.63, 3.8) is 0 Å². The van der Waals surface area contributed by atoms with Gasteiger partial charge in [-0.3, -0.25) is 0 Å². The Labute approximate surface area is 118 Å². The van der Waals surface area contributed by atoms with Gasteiger partial charge in [0.15, 0.2) is 0 Å². The lowest BCUT2D eigenvalue weighted by atomic mass is 10.2. The van der Waals surface area contributed by atoms with E-state index in [9.17, 15) is 9.50 Å². The number of nitrogens with one attached hydrogen (secondary N) is 1. The third kappa shape index (κ3) is 3.15. The van der Waals surface area contributed by atoms with Crippen LogP contribution in [0.25, 0.3) is 0 Å². The number of rotatable bonds is 3. The van der Waals surface area contributed by atoms with Gasteiger partial charge in [0.2, 0.25) is 0 Å². The third-order valence-corrected chi connectivity index (χ3v) is 3.68. The van der Waals surface area contributed by atoms with Crippen LogP contribution in [0.1, 0.15) is 5.56 Å². The van der Waals surface area contributed by atoms with Crippen LogP contribution >= 0.6 is 27.5 Å². The van der Waals surface area contributed by atoms with E-state index in [1.807, 2.05) is 12.1 Å². The monoisotopic (exact) mass is 329 g/mol. The summed E-state index contributed by atoms with van der Waals surface area (Å²) in [6, 6.07) is 9.25. The first-order chi connectivity index (χ1) is 8.56. The van der Waals surface area contributed by atoms with Gasteiger partial charge in [-0.2, -0.15) is 0 Å². The number of benzene rings is 2. The highest BCUT2D eigenvalue weighted by Crippen LogP contribution is 2.26. The molecule has 0 atom stereocenters. The standard InChI is InChI=1S/C13H10BrClFNO/c14-11-3-2-10(6-12(11)15)17-7-8-5-9(16)1-4-13(8)18/h1-6,17-18H,7H2. The molecule has 0 radical (unpaired) electrons. The average molecular weight is 331 g/mol. The minimum absolute atomic E-state index is 0.0621. The average Bonchev–Trinajstić information content (AvgIpc) is 2.34. The molecule has 0 heterocycles. The Balaban J connectivity index is 2.11. The quantitative estimate of drug-likeness (QED) is 0.864. The van der Waals surface area contributed by atoms with Crippen molar-refractivity contribution in [1.82, 2.24) is 0 Å². The number of phenols is 1. The largest absolute Gasteiger partial charge is 0.508 e. The van der Waals surface area contributed by atoms with Gasteiger partial charge in [-0.05, 0) is 52.3 Å². The molecule has 2 aromatic carbocycles. The fourth-order valence-corrected chi connectivity index (χ4v) is 1.93. The minimum atomic E-state index is -0.376. The zero-order valence-corrected chi connectivity index (χ0v) is 11.6. The maximum absolute atomic E-state index is 13.0. The molecule has 18 heavy (non-hydrogen) atoms. The van der Waals surface area contributed by atoms with Crippen molar-refractivity contribution < 1.29 is 9.50 Å². The zero-order valence-electron chi connectivity index (χ0n) is 9.25.